The quantitative estimate of drug-likeness (QED) is 0.752. The highest BCUT2D eigenvalue weighted by atomic mass is 16.2. The van der Waals surface area contributed by atoms with Gasteiger partial charge in [0.05, 0.1) is 5.41 Å². The molecule has 2 aliphatic heterocycles. The Morgan fingerprint density at radius 1 is 1.29 bits per heavy atom. The predicted octanol–water partition coefficient (Wildman–Crippen LogP) is 1.78. The third kappa shape index (κ3) is 1.70. The van der Waals surface area contributed by atoms with Gasteiger partial charge in [0, 0.05) is 19.1 Å². The highest BCUT2D eigenvalue weighted by Crippen LogP contribution is 2.45. The van der Waals surface area contributed by atoms with Crippen LogP contribution in [0.3, 0.4) is 0 Å². The molecule has 3 rings (SSSR count). The van der Waals surface area contributed by atoms with Crippen molar-refractivity contribution in [2.24, 2.45) is 11.3 Å². The minimum atomic E-state index is -0.0309. The Hall–Kier alpha value is -0.570. The Morgan fingerprint density at radius 2 is 2.18 bits per heavy atom. The molecule has 0 aromatic carbocycles. The summed E-state index contributed by atoms with van der Waals surface area (Å²) in [6, 6.07) is 0.472. The second-order valence-corrected chi connectivity index (χ2v) is 6.22. The molecule has 0 aromatic rings. The molecular formula is C14H24N2O. The number of amides is 1. The van der Waals surface area contributed by atoms with Gasteiger partial charge in [-0.2, -0.15) is 0 Å². The number of likely N-dealkylation sites (tertiary alicyclic amines) is 1. The highest BCUT2D eigenvalue weighted by Gasteiger charge is 2.52. The van der Waals surface area contributed by atoms with Gasteiger partial charge >= 0.3 is 0 Å². The molecular weight excluding hydrogens is 212 g/mol. The van der Waals surface area contributed by atoms with E-state index < -0.39 is 0 Å². The summed E-state index contributed by atoms with van der Waals surface area (Å²) in [4.78, 5) is 15.1. The zero-order chi connectivity index (χ0) is 11.9. The lowest BCUT2D eigenvalue weighted by atomic mass is 9.67. The van der Waals surface area contributed by atoms with Crippen molar-refractivity contribution in [1.82, 2.24) is 10.2 Å². The molecule has 1 amide bonds. The fourth-order valence-corrected chi connectivity index (χ4v) is 4.19. The number of fused-ring (bicyclic) bond motifs is 1. The van der Waals surface area contributed by atoms with E-state index in [9.17, 15) is 4.79 Å². The number of nitrogens with zero attached hydrogens (tertiary/aromatic N) is 1. The van der Waals surface area contributed by atoms with Gasteiger partial charge in [-0.25, -0.2) is 0 Å². The molecule has 2 saturated heterocycles. The Balaban J connectivity index is 1.83. The van der Waals surface area contributed by atoms with Crippen molar-refractivity contribution in [1.29, 1.82) is 0 Å². The fraction of sp³-hybridized carbons (Fsp3) is 0.929. The first-order valence-electron chi connectivity index (χ1n) is 7.26. The zero-order valence-electron chi connectivity index (χ0n) is 10.9. The number of nitrogens with one attached hydrogen (secondary N) is 1. The minimum absolute atomic E-state index is 0.0309. The third-order valence-electron chi connectivity index (χ3n) is 5.28. The van der Waals surface area contributed by atoms with Crippen LogP contribution in [-0.2, 0) is 4.79 Å². The van der Waals surface area contributed by atoms with E-state index in [1.165, 1.54) is 32.1 Å². The van der Waals surface area contributed by atoms with E-state index >= 15 is 0 Å². The van der Waals surface area contributed by atoms with Gasteiger partial charge in [-0.3, -0.25) is 4.79 Å². The summed E-state index contributed by atoms with van der Waals surface area (Å²) in [6.45, 7) is 5.20. The van der Waals surface area contributed by atoms with Gasteiger partial charge < -0.3 is 10.2 Å². The van der Waals surface area contributed by atoms with Crippen LogP contribution in [0, 0.1) is 11.3 Å². The number of hydrogen-bond donors (Lipinski definition) is 1. The van der Waals surface area contributed by atoms with Crippen molar-refractivity contribution in [2.75, 3.05) is 19.6 Å². The number of carbonyl (C=O) groups excluding carboxylic acids is 1. The molecule has 0 bridgehead atoms. The summed E-state index contributed by atoms with van der Waals surface area (Å²) in [7, 11) is 0. The normalized spacial score (nSPS) is 41.6. The largest absolute Gasteiger partial charge is 0.339 e. The molecule has 3 aliphatic rings. The van der Waals surface area contributed by atoms with Crippen molar-refractivity contribution in [2.45, 2.75) is 51.5 Å². The van der Waals surface area contributed by atoms with E-state index in [2.05, 4.69) is 17.1 Å². The predicted molar refractivity (Wildman–Crippen MR) is 67.7 cm³/mol. The van der Waals surface area contributed by atoms with Crippen LogP contribution in [0.1, 0.15) is 45.4 Å². The molecule has 2 heterocycles. The van der Waals surface area contributed by atoms with Crippen molar-refractivity contribution in [3.05, 3.63) is 0 Å². The molecule has 1 saturated carbocycles. The van der Waals surface area contributed by atoms with Crippen molar-refractivity contribution in [3.63, 3.8) is 0 Å². The summed E-state index contributed by atoms with van der Waals surface area (Å²) in [5.41, 5.74) is -0.0309. The van der Waals surface area contributed by atoms with Crippen LogP contribution in [0.25, 0.3) is 0 Å². The van der Waals surface area contributed by atoms with Gasteiger partial charge in [0.15, 0.2) is 0 Å². The smallest absolute Gasteiger partial charge is 0.230 e. The van der Waals surface area contributed by atoms with E-state index in [4.69, 9.17) is 0 Å². The summed E-state index contributed by atoms with van der Waals surface area (Å²) >= 11 is 0. The monoisotopic (exact) mass is 236 g/mol. The Kier molecular flexibility index (Phi) is 2.89. The molecule has 0 spiro atoms. The minimum Gasteiger partial charge on any atom is -0.339 e. The molecule has 1 aliphatic carbocycles. The van der Waals surface area contributed by atoms with Crippen LogP contribution in [0.4, 0.5) is 0 Å². The van der Waals surface area contributed by atoms with Gasteiger partial charge in [-0.1, -0.05) is 12.8 Å². The van der Waals surface area contributed by atoms with Crippen molar-refractivity contribution in [3.8, 4) is 0 Å². The summed E-state index contributed by atoms with van der Waals surface area (Å²) in [5.74, 6) is 1.08. The lowest BCUT2D eigenvalue weighted by Crippen LogP contribution is -2.50. The summed E-state index contributed by atoms with van der Waals surface area (Å²) in [5, 5.41) is 3.48. The molecule has 3 fully saturated rings. The van der Waals surface area contributed by atoms with E-state index in [-0.39, 0.29) is 5.41 Å². The van der Waals surface area contributed by atoms with Gasteiger partial charge in [-0.15, -0.1) is 0 Å². The number of carbonyl (C=O) groups is 1. The van der Waals surface area contributed by atoms with E-state index in [0.717, 1.165) is 26.1 Å². The first kappa shape index (κ1) is 11.5. The second kappa shape index (κ2) is 4.27. The first-order valence-corrected chi connectivity index (χ1v) is 7.26. The Bertz CT molecular complexity index is 317. The summed E-state index contributed by atoms with van der Waals surface area (Å²) in [6.07, 6.45) is 7.32. The van der Waals surface area contributed by atoms with Crippen LogP contribution < -0.4 is 5.32 Å². The molecule has 3 atom stereocenters. The molecule has 1 N–H and O–H groups in total. The van der Waals surface area contributed by atoms with Crippen molar-refractivity contribution < 1.29 is 4.79 Å². The molecule has 96 valence electrons. The van der Waals surface area contributed by atoms with Gasteiger partial charge in [0.25, 0.3) is 0 Å². The lowest BCUT2D eigenvalue weighted by Gasteiger charge is -2.41. The van der Waals surface area contributed by atoms with Crippen LogP contribution in [0.15, 0.2) is 0 Å². The average Bonchev–Trinajstić information content (AvgIpc) is 2.94. The topological polar surface area (TPSA) is 32.3 Å². The maximum Gasteiger partial charge on any atom is 0.230 e. The van der Waals surface area contributed by atoms with Gasteiger partial charge in [0.2, 0.25) is 5.91 Å². The molecule has 0 aromatic heterocycles. The SMILES string of the molecule is CC1CCCN1C(=O)[C@@]12CCCC[C@H]1CNC2. The first-order chi connectivity index (χ1) is 8.24. The zero-order valence-corrected chi connectivity index (χ0v) is 10.9. The molecule has 1 unspecified atom stereocenters. The van der Waals surface area contributed by atoms with E-state index in [1.54, 1.807) is 0 Å². The maximum atomic E-state index is 12.9. The standard InChI is InChI=1S/C14H24N2O/c1-11-5-4-8-16(11)13(17)14-7-3-2-6-12(14)9-15-10-14/h11-12,15H,2-10H2,1H3/t11?,12-,14+/m0/s1. The van der Waals surface area contributed by atoms with Gasteiger partial charge in [0.1, 0.15) is 0 Å². The number of hydrogen-bond acceptors (Lipinski definition) is 2. The van der Waals surface area contributed by atoms with E-state index in [1.807, 2.05) is 0 Å². The molecule has 3 heteroatoms. The van der Waals surface area contributed by atoms with Crippen molar-refractivity contribution >= 4 is 5.91 Å². The second-order valence-electron chi connectivity index (χ2n) is 6.22. The molecule has 17 heavy (non-hydrogen) atoms. The number of rotatable bonds is 1. The highest BCUT2D eigenvalue weighted by molar-refractivity contribution is 5.84. The average molecular weight is 236 g/mol. The van der Waals surface area contributed by atoms with Crippen LogP contribution in [0.5, 0.6) is 0 Å². The van der Waals surface area contributed by atoms with Crippen LogP contribution in [-0.4, -0.2) is 36.5 Å². The third-order valence-corrected chi connectivity index (χ3v) is 5.28. The van der Waals surface area contributed by atoms with Gasteiger partial charge in [-0.05, 0) is 45.1 Å². The van der Waals surface area contributed by atoms with E-state index in [0.29, 0.717) is 17.9 Å². The Labute approximate surface area is 104 Å². The Morgan fingerprint density at radius 3 is 2.94 bits per heavy atom. The van der Waals surface area contributed by atoms with Crippen LogP contribution in [0.2, 0.25) is 0 Å². The molecule has 0 radical (unpaired) electrons. The maximum absolute atomic E-state index is 12.9. The molecule has 3 nitrogen and oxygen atoms in total. The summed E-state index contributed by atoms with van der Waals surface area (Å²) < 4.78 is 0. The van der Waals surface area contributed by atoms with Crippen LogP contribution >= 0.6 is 0 Å². The lowest BCUT2D eigenvalue weighted by molar-refractivity contribution is -0.146. The fourth-order valence-electron chi connectivity index (χ4n) is 4.19.